The second-order valence-corrected chi connectivity index (χ2v) is 6.34. The first-order valence-corrected chi connectivity index (χ1v) is 7.56. The number of allylic oxidation sites excluding steroid dienone is 4. The van der Waals surface area contributed by atoms with Gasteiger partial charge in [0, 0.05) is 36.7 Å². The second-order valence-electron chi connectivity index (χ2n) is 5.02. The zero-order valence-corrected chi connectivity index (χ0v) is 17.1. The molecule has 0 saturated heterocycles. The van der Waals surface area contributed by atoms with Gasteiger partial charge in [-0.2, -0.15) is 30.6 Å². The molecule has 0 aromatic carbocycles. The van der Waals surface area contributed by atoms with Crippen LogP contribution in [0.1, 0.15) is 29.0 Å². The smallest absolute Gasteiger partial charge is 0.294 e. The first-order chi connectivity index (χ1) is 9.86. The van der Waals surface area contributed by atoms with Gasteiger partial charge in [0.05, 0.1) is 5.92 Å². The van der Waals surface area contributed by atoms with Crippen molar-refractivity contribution < 1.29 is 49.1 Å². The van der Waals surface area contributed by atoms with Crippen molar-refractivity contribution in [3.05, 3.63) is 52.1 Å². The van der Waals surface area contributed by atoms with Crippen molar-refractivity contribution in [2.24, 2.45) is 5.92 Å². The van der Waals surface area contributed by atoms with Crippen molar-refractivity contribution in [2.75, 3.05) is 0 Å². The molecule has 0 bridgehead atoms. The first-order valence-electron chi connectivity index (χ1n) is 6.74. The van der Waals surface area contributed by atoms with Gasteiger partial charge in [-0.15, -0.1) is 10.9 Å². The van der Waals surface area contributed by atoms with E-state index in [0.717, 1.165) is 11.0 Å². The summed E-state index contributed by atoms with van der Waals surface area (Å²) in [6, 6.07) is 3.97. The Morgan fingerprint density at radius 3 is 2.73 bits per heavy atom. The molecular formula is C16H16F3OSU-. The van der Waals surface area contributed by atoms with E-state index < -0.39 is 12.1 Å². The summed E-state index contributed by atoms with van der Waals surface area (Å²) in [5, 5.41) is 0. The zero-order chi connectivity index (χ0) is 15.5. The van der Waals surface area contributed by atoms with Gasteiger partial charge in [-0.25, -0.2) is 6.42 Å². The maximum atomic E-state index is 12.7. The minimum atomic E-state index is -4.28. The zero-order valence-electron chi connectivity index (χ0n) is 12.1. The van der Waals surface area contributed by atoms with Gasteiger partial charge in [0.1, 0.15) is 0 Å². The summed E-state index contributed by atoms with van der Waals surface area (Å²) in [5.74, 6) is -1.77. The monoisotopic (exact) mass is 551 g/mol. The number of thiophene rings is 1. The van der Waals surface area contributed by atoms with Crippen LogP contribution in [0.2, 0.25) is 0 Å². The predicted octanol–water partition coefficient (Wildman–Crippen LogP) is 5.02. The normalized spacial score (nSPS) is 17.6. The van der Waals surface area contributed by atoms with Gasteiger partial charge in [0.2, 0.25) is 0 Å². The molecule has 22 heavy (non-hydrogen) atoms. The third-order valence-electron chi connectivity index (χ3n) is 3.29. The molecule has 1 aliphatic carbocycles. The first kappa shape index (κ1) is 19.6. The maximum Gasteiger partial charge on any atom is 0.395 e. The van der Waals surface area contributed by atoms with Crippen LogP contribution >= 0.6 is 11.3 Å². The average molecular weight is 551 g/mol. The maximum absolute atomic E-state index is 12.7. The number of alkyl halides is 3. The third-order valence-corrected chi connectivity index (χ3v) is 4.29. The largest absolute Gasteiger partial charge is 0.395 e. The molecule has 0 N–H and O–H groups in total. The summed E-state index contributed by atoms with van der Waals surface area (Å²) in [5.41, 5.74) is 0.180. The van der Waals surface area contributed by atoms with Gasteiger partial charge in [-0.3, -0.25) is 4.79 Å². The average Bonchev–Trinajstić information content (AvgIpc) is 2.83. The number of rotatable bonds is 5. The Labute approximate surface area is 156 Å². The molecular weight excluding hydrogens is 535 g/mol. The van der Waals surface area contributed by atoms with Crippen LogP contribution < -0.4 is 0 Å². The van der Waals surface area contributed by atoms with Crippen molar-refractivity contribution in [1.82, 2.24) is 0 Å². The molecule has 0 radical (unpaired) electrons. The van der Waals surface area contributed by atoms with E-state index in [0.29, 0.717) is 6.42 Å². The van der Waals surface area contributed by atoms with Crippen LogP contribution in [-0.2, 0) is 4.79 Å². The van der Waals surface area contributed by atoms with E-state index in [2.05, 4.69) is 0 Å². The predicted molar refractivity (Wildman–Crippen MR) is 78.1 cm³/mol. The molecule has 2 rings (SSSR count). The molecule has 1 heterocycles. The number of Topliss-reactive ketones (excluding diaryl/α,β-unsaturated/α-hetero) is 1. The molecule has 1 aliphatic rings. The fraction of sp³-hybridized carbons (Fsp3) is 0.375. The summed E-state index contributed by atoms with van der Waals surface area (Å²) in [7, 11) is 0. The SMILES string of the molecule is Cc1ccc([CH-]CCC(=O)C2=CC(C(F)(F)F)CC=C2)s1.[U]. The van der Waals surface area contributed by atoms with Crippen molar-refractivity contribution in [3.8, 4) is 0 Å². The van der Waals surface area contributed by atoms with Crippen molar-refractivity contribution in [2.45, 2.75) is 32.4 Å². The van der Waals surface area contributed by atoms with Gasteiger partial charge in [0.15, 0.2) is 5.78 Å². The van der Waals surface area contributed by atoms with E-state index in [4.69, 9.17) is 0 Å². The fourth-order valence-corrected chi connectivity index (χ4v) is 2.99. The Kier molecular flexibility index (Phi) is 7.51. The second kappa shape index (κ2) is 8.42. The minimum Gasteiger partial charge on any atom is -0.294 e. The van der Waals surface area contributed by atoms with Crippen molar-refractivity contribution >= 4 is 17.1 Å². The van der Waals surface area contributed by atoms with E-state index in [1.54, 1.807) is 11.3 Å². The summed E-state index contributed by atoms with van der Waals surface area (Å²) >= 11 is 1.63. The third kappa shape index (κ3) is 5.64. The summed E-state index contributed by atoms with van der Waals surface area (Å²) < 4.78 is 38.0. The number of aryl methyl sites for hydroxylation is 1. The molecule has 0 amide bonds. The van der Waals surface area contributed by atoms with E-state index in [1.807, 2.05) is 25.5 Å². The number of hydrogen-bond donors (Lipinski definition) is 0. The van der Waals surface area contributed by atoms with E-state index in [1.165, 1.54) is 17.0 Å². The van der Waals surface area contributed by atoms with Gasteiger partial charge >= 0.3 is 6.18 Å². The van der Waals surface area contributed by atoms with E-state index in [9.17, 15) is 18.0 Å². The molecule has 1 unspecified atom stereocenters. The van der Waals surface area contributed by atoms with Gasteiger partial charge in [-0.05, 0) is 24.6 Å². The van der Waals surface area contributed by atoms with E-state index in [-0.39, 0.29) is 55.3 Å². The van der Waals surface area contributed by atoms with Crippen LogP contribution in [-0.4, -0.2) is 12.0 Å². The number of ketones is 1. The summed E-state index contributed by atoms with van der Waals surface area (Å²) in [6.07, 6.45) is 2.34. The molecule has 118 valence electrons. The number of hydrogen-bond acceptors (Lipinski definition) is 2. The molecule has 6 heteroatoms. The van der Waals surface area contributed by atoms with Crippen LogP contribution in [0.4, 0.5) is 13.2 Å². The molecule has 1 nitrogen and oxygen atoms in total. The fourth-order valence-electron chi connectivity index (χ4n) is 2.15. The molecule has 0 spiro atoms. The molecule has 0 fully saturated rings. The number of carbonyl (C=O) groups excluding carboxylic acids is 1. The van der Waals surface area contributed by atoms with E-state index >= 15 is 0 Å². The standard InChI is InChI=1S/C16H16F3OS.U/c1-11-8-9-14(21-11)6-3-7-15(20)12-4-2-5-13(10-12)16(17,18)19;/h2,4,6,8-10,13H,3,5,7H2,1H3;/q-1;. The summed E-state index contributed by atoms with van der Waals surface area (Å²) in [6.45, 7) is 2.00. The van der Waals surface area contributed by atoms with Crippen LogP contribution in [0, 0.1) is 50.4 Å². The summed E-state index contributed by atoms with van der Waals surface area (Å²) in [4.78, 5) is 14.2. The van der Waals surface area contributed by atoms with Crippen molar-refractivity contribution in [1.29, 1.82) is 0 Å². The van der Waals surface area contributed by atoms with Crippen LogP contribution in [0.5, 0.6) is 0 Å². The van der Waals surface area contributed by atoms with Crippen LogP contribution in [0.25, 0.3) is 0 Å². The van der Waals surface area contributed by atoms with Crippen LogP contribution in [0.15, 0.2) is 35.9 Å². The molecule has 1 aromatic rings. The Balaban J connectivity index is 0.00000242. The molecule has 0 saturated carbocycles. The molecule has 1 atom stereocenters. The van der Waals surface area contributed by atoms with Gasteiger partial charge in [0.25, 0.3) is 0 Å². The number of halogens is 3. The van der Waals surface area contributed by atoms with Gasteiger partial charge in [-0.1, -0.05) is 24.6 Å². The molecule has 1 aromatic heterocycles. The van der Waals surface area contributed by atoms with Gasteiger partial charge < -0.3 is 0 Å². The Bertz CT molecular complexity index is 572. The quantitative estimate of drug-likeness (QED) is 0.470. The minimum absolute atomic E-state index is 0. The molecule has 0 aliphatic heterocycles. The number of carbonyl (C=O) groups is 1. The Morgan fingerprint density at radius 1 is 1.41 bits per heavy atom. The Hall–Kier alpha value is -0.438. The van der Waals surface area contributed by atoms with Crippen LogP contribution in [0.3, 0.4) is 0 Å². The Morgan fingerprint density at radius 2 is 2.14 bits per heavy atom. The van der Waals surface area contributed by atoms with Crippen molar-refractivity contribution in [3.63, 3.8) is 0 Å². The topological polar surface area (TPSA) is 17.1 Å².